The zero-order chi connectivity index (χ0) is 32.6. The molecule has 1 heterocycles. The summed E-state index contributed by atoms with van der Waals surface area (Å²) in [4.78, 5) is 0. The minimum Gasteiger partial charge on any atom is -0.429 e. The fourth-order valence-electron chi connectivity index (χ4n) is 2.32. The number of aromatic nitrogens is 2. The van der Waals surface area contributed by atoms with Crippen molar-refractivity contribution in [3.05, 3.63) is 26.5 Å². The summed E-state index contributed by atoms with van der Waals surface area (Å²) in [6.07, 6.45) is 8.74. The van der Waals surface area contributed by atoms with Crippen LogP contribution in [0.1, 0.15) is 25.1 Å². The molecular weight excluding hydrogens is 644 g/mol. The molecule has 0 bridgehead atoms. The maximum Gasteiger partial charge on any atom is 0.480 e. The van der Waals surface area contributed by atoms with E-state index in [-0.39, 0.29) is 12.5 Å². The summed E-state index contributed by atoms with van der Waals surface area (Å²) in [7, 11) is -12.1. The minimum absolute atomic E-state index is 0.246. The van der Waals surface area contributed by atoms with Crippen LogP contribution in [0.15, 0.2) is 12.4 Å². The number of aryl methyl sites for hydroxylation is 2. The first kappa shape index (κ1) is 40.6. The van der Waals surface area contributed by atoms with Gasteiger partial charge in [-0.2, -0.15) is 26.3 Å². The molecule has 0 radical (unpaired) electrons. The van der Waals surface area contributed by atoms with E-state index in [4.69, 9.17) is 0 Å². The number of sulfonamides is 4. The van der Waals surface area contributed by atoms with Gasteiger partial charge in [0.1, 0.15) is 12.4 Å². The van der Waals surface area contributed by atoms with Crippen LogP contribution in [0.2, 0.25) is 0 Å². The van der Waals surface area contributed by atoms with E-state index >= 15 is 0 Å². The van der Waals surface area contributed by atoms with Crippen molar-refractivity contribution >= 4 is 40.1 Å². The molecular formula is C17H33F6N5O8S4. The maximum atomic E-state index is 11.4. The first-order chi connectivity index (χ1) is 17.3. The summed E-state index contributed by atoms with van der Waals surface area (Å²) >= 11 is 0. The number of unbranched alkanes of at least 4 members (excludes halogenated alkanes) is 2. The van der Waals surface area contributed by atoms with Gasteiger partial charge >= 0.3 is 11.0 Å². The fourth-order valence-corrected chi connectivity index (χ4v) is 5.85. The van der Waals surface area contributed by atoms with Gasteiger partial charge in [-0.1, -0.05) is 0 Å². The number of alkyl halides is 6. The van der Waals surface area contributed by atoms with E-state index in [1.807, 2.05) is 0 Å². The van der Waals surface area contributed by atoms with Crippen LogP contribution in [0.5, 0.6) is 0 Å². The SMILES string of the molecule is CS(=O)(=O)[N-]S(=O)(=O)C(F)(F)F.CS(=O)(=O)[N-]S(=O)(=O)C(F)(F)F.Cc1n(CCCCC[N+](C)(C)C)cc[n+]1C. The molecule has 1 aromatic rings. The lowest BCUT2D eigenvalue weighted by Crippen LogP contribution is -2.35. The molecule has 23 heteroatoms. The molecule has 0 amide bonds. The quantitative estimate of drug-likeness (QED) is 0.156. The number of nitrogens with zero attached hydrogens (tertiary/aromatic N) is 5. The standard InChI is InChI=1S/C13H27N3.2C2H3F3NO4S2/c1-13-14(2)10-11-15(13)9-7-6-8-12-16(3,4)5;2*1-11(7,8)6-12(9,10)2(3,4)5/h10-11H,6-9,12H2,1-5H3;2*1H3/q+2;2*-1. The smallest absolute Gasteiger partial charge is 0.429 e. The van der Waals surface area contributed by atoms with Crippen molar-refractivity contribution in [2.24, 2.45) is 7.05 Å². The molecule has 1 aromatic heterocycles. The Morgan fingerprint density at radius 2 is 1.15 bits per heavy atom. The van der Waals surface area contributed by atoms with Crippen molar-refractivity contribution in [2.45, 2.75) is 43.7 Å². The second-order valence-electron chi connectivity index (χ2n) is 9.18. The van der Waals surface area contributed by atoms with Gasteiger partial charge in [-0.15, -0.1) is 0 Å². The van der Waals surface area contributed by atoms with E-state index in [0.717, 1.165) is 11.0 Å². The van der Waals surface area contributed by atoms with Crippen LogP contribution in [0, 0.1) is 6.92 Å². The topological polar surface area (TPSA) is 174 Å². The summed E-state index contributed by atoms with van der Waals surface area (Å²) in [6.45, 7) is 4.61. The number of quaternary nitrogens is 1. The van der Waals surface area contributed by atoms with Gasteiger partial charge in [-0.05, 0) is 19.3 Å². The Hall–Kier alpha value is -1.53. The highest BCUT2D eigenvalue weighted by atomic mass is 32.3. The van der Waals surface area contributed by atoms with Gasteiger partial charge in [0.2, 0.25) is 0 Å². The molecule has 0 saturated carbocycles. The van der Waals surface area contributed by atoms with E-state index < -0.39 is 51.1 Å². The van der Waals surface area contributed by atoms with E-state index in [1.54, 1.807) is 8.25 Å². The molecule has 0 N–H and O–H groups in total. The Balaban J connectivity index is 0. The summed E-state index contributed by atoms with van der Waals surface area (Å²) < 4.78 is 158. The van der Waals surface area contributed by atoms with Crippen molar-refractivity contribution in [2.75, 3.05) is 40.2 Å². The summed E-state index contributed by atoms with van der Waals surface area (Å²) in [5.74, 6) is 1.34. The third-order valence-corrected chi connectivity index (χ3v) is 9.08. The summed E-state index contributed by atoms with van der Waals surface area (Å²) in [5.41, 5.74) is -11.3. The first-order valence-electron chi connectivity index (χ1n) is 10.6. The minimum atomic E-state index is -5.92. The van der Waals surface area contributed by atoms with Crippen molar-refractivity contribution in [3.63, 3.8) is 0 Å². The predicted molar refractivity (Wildman–Crippen MR) is 133 cm³/mol. The van der Waals surface area contributed by atoms with Crippen molar-refractivity contribution in [1.82, 2.24) is 4.57 Å². The van der Waals surface area contributed by atoms with Crippen LogP contribution in [-0.4, -0.2) is 93.9 Å². The molecule has 1 rings (SSSR count). The molecule has 240 valence electrons. The van der Waals surface area contributed by atoms with Crippen LogP contribution >= 0.6 is 0 Å². The fraction of sp³-hybridized carbons (Fsp3) is 0.824. The highest BCUT2D eigenvalue weighted by molar-refractivity contribution is 8.12. The number of imidazole rings is 1. The van der Waals surface area contributed by atoms with Crippen LogP contribution in [0.4, 0.5) is 26.3 Å². The number of hydrogen-bond donors (Lipinski definition) is 0. The largest absolute Gasteiger partial charge is 0.480 e. The van der Waals surface area contributed by atoms with E-state index in [1.165, 1.54) is 31.6 Å². The Labute approximate surface area is 231 Å². The molecule has 0 fully saturated rings. The van der Waals surface area contributed by atoms with Crippen molar-refractivity contribution in [3.8, 4) is 0 Å². The van der Waals surface area contributed by atoms with E-state index in [2.05, 4.69) is 56.6 Å². The molecule has 0 aliphatic carbocycles. The Bertz CT molecular complexity index is 1310. The normalized spacial score (nSPS) is 13.6. The molecule has 0 aromatic carbocycles. The second kappa shape index (κ2) is 14.6. The van der Waals surface area contributed by atoms with Crippen molar-refractivity contribution in [1.29, 1.82) is 0 Å². The Morgan fingerprint density at radius 1 is 0.775 bits per heavy atom. The first-order valence-corrected chi connectivity index (χ1v) is 17.2. The monoisotopic (exact) mass is 677 g/mol. The zero-order valence-electron chi connectivity index (χ0n) is 22.6. The lowest BCUT2D eigenvalue weighted by molar-refractivity contribution is -0.870. The number of halogens is 6. The Kier molecular flexibility index (Phi) is 14.8. The molecule has 0 aliphatic rings. The molecule has 40 heavy (non-hydrogen) atoms. The zero-order valence-corrected chi connectivity index (χ0v) is 25.9. The third-order valence-electron chi connectivity index (χ3n) is 4.18. The van der Waals surface area contributed by atoms with Gasteiger partial charge in [0.05, 0.1) is 61.3 Å². The second-order valence-corrected chi connectivity index (χ2v) is 16.1. The van der Waals surface area contributed by atoms with Gasteiger partial charge < -0.3 is 12.7 Å². The van der Waals surface area contributed by atoms with Gasteiger partial charge in [0.25, 0.3) is 5.82 Å². The average Bonchev–Trinajstić information content (AvgIpc) is 2.94. The molecule has 13 nitrogen and oxygen atoms in total. The Morgan fingerprint density at radius 3 is 1.38 bits per heavy atom. The number of hydrogen-bond acceptors (Lipinski definition) is 8. The van der Waals surface area contributed by atoms with Gasteiger partial charge in [-0.3, -0.25) is 0 Å². The van der Waals surface area contributed by atoms with Crippen LogP contribution < -0.4 is 4.57 Å². The van der Waals surface area contributed by atoms with Crippen LogP contribution in [-0.2, 0) is 53.7 Å². The number of rotatable bonds is 10. The molecule has 0 saturated heterocycles. The lowest BCUT2D eigenvalue weighted by Gasteiger charge is -2.23. The lowest BCUT2D eigenvalue weighted by atomic mass is 10.2. The molecule has 0 aliphatic heterocycles. The van der Waals surface area contributed by atoms with Crippen molar-refractivity contribution < 1.29 is 69.1 Å². The van der Waals surface area contributed by atoms with E-state index in [9.17, 15) is 60.0 Å². The maximum absolute atomic E-state index is 11.4. The summed E-state index contributed by atoms with van der Waals surface area (Å²) in [5, 5.41) is 0. The highest BCUT2D eigenvalue weighted by Gasteiger charge is 2.40. The summed E-state index contributed by atoms with van der Waals surface area (Å²) in [6, 6.07) is 0. The molecule has 0 atom stereocenters. The average molecular weight is 678 g/mol. The van der Waals surface area contributed by atoms with Gasteiger partial charge in [0.15, 0.2) is 20.0 Å². The molecule has 0 spiro atoms. The van der Waals surface area contributed by atoms with Crippen LogP contribution in [0.3, 0.4) is 0 Å². The van der Waals surface area contributed by atoms with Crippen LogP contribution in [0.25, 0.3) is 8.25 Å². The van der Waals surface area contributed by atoms with E-state index in [0.29, 0.717) is 0 Å². The molecule has 0 unspecified atom stereocenters. The predicted octanol–water partition coefficient (Wildman–Crippen LogP) is 1.84. The third kappa shape index (κ3) is 18.0. The van der Waals surface area contributed by atoms with Gasteiger partial charge in [-0.25, -0.2) is 42.8 Å². The highest BCUT2D eigenvalue weighted by Crippen LogP contribution is 2.30. The van der Waals surface area contributed by atoms with Gasteiger partial charge in [0, 0.05) is 19.4 Å².